The van der Waals surface area contributed by atoms with Gasteiger partial charge in [-0.25, -0.2) is 9.97 Å². The lowest BCUT2D eigenvalue weighted by atomic mass is 9.79. The van der Waals surface area contributed by atoms with Crippen LogP contribution >= 0.6 is 11.6 Å². The van der Waals surface area contributed by atoms with E-state index in [1.54, 1.807) is 36.7 Å². The third kappa shape index (κ3) is 7.30. The van der Waals surface area contributed by atoms with Crippen molar-refractivity contribution in [2.75, 3.05) is 11.5 Å². The normalized spacial score (nSPS) is 10.2. The van der Waals surface area contributed by atoms with Crippen molar-refractivity contribution in [2.45, 2.75) is 0 Å². The van der Waals surface area contributed by atoms with E-state index < -0.39 is 7.12 Å². The van der Waals surface area contributed by atoms with E-state index >= 15 is 0 Å². The molecule has 0 spiro atoms. The number of rotatable bonds is 2. The Morgan fingerprint density at radius 2 is 1.08 bits per heavy atom. The highest BCUT2D eigenvalue weighted by Gasteiger charge is 2.10. The average molecular weight is 521 g/mol. The molecule has 2 heterocycles. The van der Waals surface area contributed by atoms with Gasteiger partial charge in [0.15, 0.2) is 0 Å². The third-order valence-corrected chi connectivity index (χ3v) is 5.91. The number of halogens is 1. The zero-order valence-electron chi connectivity index (χ0n) is 20.4. The summed E-state index contributed by atoms with van der Waals surface area (Å²) in [7, 11) is -1.38. The smallest absolute Gasteiger partial charge is 0.423 e. The monoisotopic (exact) mass is 520 g/mol. The second-order valence-corrected chi connectivity index (χ2v) is 8.85. The van der Waals surface area contributed by atoms with Crippen LogP contribution in [0.1, 0.15) is 0 Å². The molecule has 6 aromatic rings. The van der Waals surface area contributed by atoms with Gasteiger partial charge in [-0.15, -0.1) is 0 Å². The first-order valence-corrected chi connectivity index (χ1v) is 12.2. The lowest BCUT2D eigenvalue weighted by Crippen LogP contribution is -2.29. The van der Waals surface area contributed by atoms with E-state index in [1.165, 1.54) is 10.8 Å². The number of benzene rings is 4. The van der Waals surface area contributed by atoms with Gasteiger partial charge in [0.05, 0.1) is 0 Å². The largest absolute Gasteiger partial charge is 0.488 e. The standard InChI is InChI=1S/C15H12N2.C10H9BO2.C5H5ClN2/c16-15-10-14(7-8-17-15)13-6-5-11-3-1-2-4-12(11)9-13;12-11(13)10-6-5-8-3-1-2-4-9(8)7-10;6-4-1-2-8-5(7)3-4/h1-10H,(H2,16,17);1-7,12-13H;1-3H,(H2,7,8). The van der Waals surface area contributed by atoms with Gasteiger partial charge in [0.25, 0.3) is 0 Å². The Labute approximate surface area is 226 Å². The number of pyridine rings is 2. The fraction of sp³-hybridized carbons (Fsp3) is 0. The molecular formula is C30H26BClN4O2. The fourth-order valence-corrected chi connectivity index (χ4v) is 3.95. The summed E-state index contributed by atoms with van der Waals surface area (Å²) in [4.78, 5) is 7.74. The van der Waals surface area contributed by atoms with E-state index in [4.69, 9.17) is 33.1 Å². The summed E-state index contributed by atoms with van der Waals surface area (Å²) in [5, 5.41) is 23.1. The first-order chi connectivity index (χ1) is 18.4. The molecule has 0 saturated carbocycles. The Balaban J connectivity index is 0.000000142. The molecule has 8 heteroatoms. The number of hydrogen-bond donors (Lipinski definition) is 4. The van der Waals surface area contributed by atoms with E-state index in [0.29, 0.717) is 22.1 Å². The molecule has 38 heavy (non-hydrogen) atoms. The van der Waals surface area contributed by atoms with Crippen LogP contribution in [-0.2, 0) is 0 Å². The molecule has 0 fully saturated rings. The number of aromatic nitrogens is 2. The Hall–Kier alpha value is -4.43. The van der Waals surface area contributed by atoms with Gasteiger partial charge in [0.2, 0.25) is 0 Å². The number of nitrogens with two attached hydrogens (primary N) is 2. The zero-order valence-corrected chi connectivity index (χ0v) is 21.2. The fourth-order valence-electron chi connectivity index (χ4n) is 3.79. The molecule has 0 unspecified atom stereocenters. The van der Waals surface area contributed by atoms with Crippen LogP contribution < -0.4 is 16.9 Å². The molecule has 0 saturated heterocycles. The molecular weight excluding hydrogens is 495 g/mol. The molecule has 0 atom stereocenters. The summed E-state index contributed by atoms with van der Waals surface area (Å²) in [5.41, 5.74) is 13.8. The Kier molecular flexibility index (Phi) is 8.90. The average Bonchev–Trinajstić information content (AvgIpc) is 2.93. The number of hydrogen-bond acceptors (Lipinski definition) is 6. The van der Waals surface area contributed by atoms with Gasteiger partial charge in [-0.3, -0.25) is 0 Å². The molecule has 0 aliphatic carbocycles. The van der Waals surface area contributed by atoms with Crippen LogP contribution in [0.15, 0.2) is 122 Å². The topological polar surface area (TPSA) is 118 Å². The Morgan fingerprint density at radius 3 is 1.63 bits per heavy atom. The third-order valence-electron chi connectivity index (χ3n) is 5.68. The molecule has 6 N–H and O–H groups in total. The number of fused-ring (bicyclic) bond motifs is 2. The maximum absolute atomic E-state index is 8.94. The second-order valence-electron chi connectivity index (χ2n) is 8.41. The van der Waals surface area contributed by atoms with Gasteiger partial charge in [-0.1, -0.05) is 90.5 Å². The molecule has 4 aromatic carbocycles. The van der Waals surface area contributed by atoms with Crippen molar-refractivity contribution in [1.82, 2.24) is 9.97 Å². The molecule has 2 aromatic heterocycles. The van der Waals surface area contributed by atoms with Crippen molar-refractivity contribution in [1.29, 1.82) is 0 Å². The molecule has 0 aliphatic rings. The highest BCUT2D eigenvalue weighted by atomic mass is 35.5. The van der Waals surface area contributed by atoms with E-state index in [-0.39, 0.29) is 0 Å². The van der Waals surface area contributed by atoms with E-state index in [0.717, 1.165) is 21.9 Å². The maximum atomic E-state index is 8.94. The highest BCUT2D eigenvalue weighted by molar-refractivity contribution is 6.58. The van der Waals surface area contributed by atoms with Gasteiger partial charge in [-0.2, -0.15) is 0 Å². The van der Waals surface area contributed by atoms with Crippen LogP contribution in [0.2, 0.25) is 5.02 Å². The van der Waals surface area contributed by atoms with Crippen LogP contribution in [0.4, 0.5) is 11.6 Å². The van der Waals surface area contributed by atoms with Gasteiger partial charge >= 0.3 is 7.12 Å². The molecule has 0 bridgehead atoms. The van der Waals surface area contributed by atoms with E-state index in [9.17, 15) is 0 Å². The molecule has 0 radical (unpaired) electrons. The predicted octanol–water partition coefficient (Wildman–Crippen LogP) is 5.32. The lowest BCUT2D eigenvalue weighted by molar-refractivity contribution is 0.426. The Morgan fingerprint density at radius 1 is 0.553 bits per heavy atom. The minimum Gasteiger partial charge on any atom is -0.423 e. The summed E-state index contributed by atoms with van der Waals surface area (Å²) in [6, 6.07) is 35.1. The van der Waals surface area contributed by atoms with Crippen molar-refractivity contribution >= 4 is 57.4 Å². The van der Waals surface area contributed by atoms with Crippen LogP contribution in [0.5, 0.6) is 0 Å². The maximum Gasteiger partial charge on any atom is 0.488 e. The molecule has 0 aliphatic heterocycles. The van der Waals surface area contributed by atoms with E-state index in [1.807, 2.05) is 54.6 Å². The quantitative estimate of drug-likeness (QED) is 0.229. The van der Waals surface area contributed by atoms with Crippen LogP contribution in [0.25, 0.3) is 32.7 Å². The first kappa shape index (κ1) is 26.6. The minimum atomic E-state index is -1.38. The van der Waals surface area contributed by atoms with Gasteiger partial charge in [0.1, 0.15) is 11.6 Å². The summed E-state index contributed by atoms with van der Waals surface area (Å²) < 4.78 is 0. The first-order valence-electron chi connectivity index (χ1n) is 11.8. The van der Waals surface area contributed by atoms with Gasteiger partial charge in [0, 0.05) is 17.4 Å². The van der Waals surface area contributed by atoms with Gasteiger partial charge in [-0.05, 0) is 68.5 Å². The van der Waals surface area contributed by atoms with Crippen LogP contribution in [0.3, 0.4) is 0 Å². The van der Waals surface area contributed by atoms with Crippen molar-refractivity contribution in [3.05, 3.63) is 127 Å². The van der Waals surface area contributed by atoms with Crippen molar-refractivity contribution in [3.63, 3.8) is 0 Å². The summed E-state index contributed by atoms with van der Waals surface area (Å²) in [5.74, 6) is 1.01. The summed E-state index contributed by atoms with van der Waals surface area (Å²) in [6.45, 7) is 0. The predicted molar refractivity (Wildman–Crippen MR) is 159 cm³/mol. The second kappa shape index (κ2) is 12.7. The number of anilines is 2. The molecule has 188 valence electrons. The van der Waals surface area contributed by atoms with Crippen molar-refractivity contribution in [3.8, 4) is 11.1 Å². The van der Waals surface area contributed by atoms with Gasteiger partial charge < -0.3 is 21.5 Å². The summed E-state index contributed by atoms with van der Waals surface area (Å²) in [6.07, 6.45) is 3.30. The van der Waals surface area contributed by atoms with E-state index in [2.05, 4.69) is 40.3 Å². The Bertz CT molecular complexity index is 1650. The van der Waals surface area contributed by atoms with Crippen molar-refractivity contribution in [2.24, 2.45) is 0 Å². The number of nitrogens with zero attached hydrogens (tertiary/aromatic N) is 2. The number of nitrogen functional groups attached to an aromatic ring is 2. The van der Waals surface area contributed by atoms with Crippen LogP contribution in [0, 0.1) is 0 Å². The molecule has 0 amide bonds. The lowest BCUT2D eigenvalue weighted by Gasteiger charge is -2.04. The minimum absolute atomic E-state index is 0.456. The summed E-state index contributed by atoms with van der Waals surface area (Å²) >= 11 is 5.52. The van der Waals surface area contributed by atoms with Crippen molar-refractivity contribution < 1.29 is 10.0 Å². The van der Waals surface area contributed by atoms with Crippen LogP contribution in [-0.4, -0.2) is 27.1 Å². The molecule has 6 rings (SSSR count). The highest BCUT2D eigenvalue weighted by Crippen LogP contribution is 2.24. The zero-order chi connectivity index (χ0) is 26.9. The SMILES string of the molecule is Nc1cc(-c2ccc3ccccc3c2)ccn1.Nc1cc(Cl)ccn1.OB(O)c1ccc2ccccc2c1. The molecule has 6 nitrogen and oxygen atoms in total.